The zero-order valence-electron chi connectivity index (χ0n) is 22.0. The predicted molar refractivity (Wildman–Crippen MR) is 145 cm³/mol. The molecule has 208 valence electrons. The molecule has 0 spiro atoms. The van der Waals surface area contributed by atoms with E-state index >= 15 is 0 Å². The fourth-order valence-corrected chi connectivity index (χ4v) is 4.68. The molecule has 1 aliphatic rings. The average Bonchev–Trinajstić information content (AvgIpc) is 2.87. The van der Waals surface area contributed by atoms with Crippen LogP contribution in [-0.4, -0.2) is 87.7 Å². The first-order valence-corrected chi connectivity index (χ1v) is 14.1. The van der Waals surface area contributed by atoms with E-state index in [1.807, 2.05) is 32.9 Å². The summed E-state index contributed by atoms with van der Waals surface area (Å²) in [6, 6.07) is 13.4. The third-order valence-electron chi connectivity index (χ3n) is 5.57. The van der Waals surface area contributed by atoms with Crippen LogP contribution >= 0.6 is 0 Å². The van der Waals surface area contributed by atoms with Crippen molar-refractivity contribution in [2.24, 2.45) is 0 Å². The lowest BCUT2D eigenvalue weighted by Crippen LogP contribution is -2.50. The molecular weight excluding hydrogens is 512 g/mol. The largest absolute Gasteiger partial charge is 0.491 e. The molecule has 0 unspecified atom stereocenters. The third kappa shape index (κ3) is 9.10. The van der Waals surface area contributed by atoms with Crippen molar-refractivity contribution in [1.82, 2.24) is 10.2 Å². The number of hydrogen-bond donors (Lipinski definition) is 3. The van der Waals surface area contributed by atoms with Gasteiger partial charge >= 0.3 is 6.09 Å². The van der Waals surface area contributed by atoms with Gasteiger partial charge < -0.3 is 29.7 Å². The van der Waals surface area contributed by atoms with Crippen LogP contribution in [0.1, 0.15) is 31.1 Å². The van der Waals surface area contributed by atoms with Crippen molar-refractivity contribution >= 4 is 33.4 Å². The minimum Gasteiger partial charge on any atom is -0.491 e. The highest BCUT2D eigenvalue weighted by atomic mass is 32.2. The summed E-state index contributed by atoms with van der Waals surface area (Å²) in [5.41, 5.74) is 1.19. The first-order valence-electron chi connectivity index (χ1n) is 12.4. The number of rotatable bonds is 10. The molecule has 2 amide bonds. The van der Waals surface area contributed by atoms with Crippen LogP contribution in [0.3, 0.4) is 0 Å². The number of piperazine rings is 1. The van der Waals surface area contributed by atoms with Gasteiger partial charge in [0.1, 0.15) is 18.0 Å². The summed E-state index contributed by atoms with van der Waals surface area (Å²) in [5, 5.41) is 11.4. The minimum absolute atomic E-state index is 0.0553. The van der Waals surface area contributed by atoms with Gasteiger partial charge in [-0.3, -0.25) is 9.52 Å². The van der Waals surface area contributed by atoms with Gasteiger partial charge in [-0.15, -0.1) is 0 Å². The summed E-state index contributed by atoms with van der Waals surface area (Å²) in [6.45, 7) is 7.89. The molecule has 0 aromatic heterocycles. The number of sulfonamides is 1. The third-order valence-corrected chi connectivity index (χ3v) is 6.86. The number of benzene rings is 2. The molecule has 38 heavy (non-hydrogen) atoms. The number of aliphatic hydroxyl groups is 1. The van der Waals surface area contributed by atoms with Crippen molar-refractivity contribution in [3.8, 4) is 5.75 Å². The van der Waals surface area contributed by atoms with Crippen LogP contribution in [-0.2, 0) is 14.8 Å². The maximum atomic E-state index is 12.5. The number of nitrogens with zero attached hydrogens (tertiary/aromatic N) is 2. The molecule has 0 atom stereocenters. The summed E-state index contributed by atoms with van der Waals surface area (Å²) in [4.78, 5) is 28.6. The van der Waals surface area contributed by atoms with Crippen molar-refractivity contribution in [1.29, 1.82) is 0 Å². The quantitative estimate of drug-likeness (QED) is 0.411. The Kier molecular flexibility index (Phi) is 9.81. The lowest BCUT2D eigenvalue weighted by molar-refractivity contribution is 0.0240. The van der Waals surface area contributed by atoms with Gasteiger partial charge in [0.15, 0.2) is 0 Å². The van der Waals surface area contributed by atoms with Gasteiger partial charge in [0, 0.05) is 49.7 Å². The first-order chi connectivity index (χ1) is 18.0. The molecule has 1 heterocycles. The Morgan fingerprint density at radius 2 is 1.61 bits per heavy atom. The van der Waals surface area contributed by atoms with Crippen molar-refractivity contribution in [2.75, 3.05) is 61.3 Å². The average molecular weight is 549 g/mol. The van der Waals surface area contributed by atoms with Gasteiger partial charge in [-0.2, -0.15) is 0 Å². The molecule has 1 aliphatic heterocycles. The molecule has 3 N–H and O–H groups in total. The Morgan fingerprint density at radius 1 is 0.974 bits per heavy atom. The van der Waals surface area contributed by atoms with Gasteiger partial charge in [-0.05, 0) is 69.3 Å². The van der Waals surface area contributed by atoms with Crippen LogP contribution in [0.2, 0.25) is 0 Å². The second-order valence-corrected chi connectivity index (χ2v) is 11.6. The van der Waals surface area contributed by atoms with E-state index in [2.05, 4.69) is 14.9 Å². The number of hydrogen-bond acceptors (Lipinski definition) is 8. The van der Waals surface area contributed by atoms with Crippen molar-refractivity contribution in [2.45, 2.75) is 26.4 Å². The van der Waals surface area contributed by atoms with Gasteiger partial charge in [0.25, 0.3) is 5.91 Å². The molecule has 0 bridgehead atoms. The Morgan fingerprint density at radius 3 is 2.18 bits per heavy atom. The monoisotopic (exact) mass is 548 g/mol. The molecule has 0 aliphatic carbocycles. The Bertz CT molecular complexity index is 1170. The molecule has 12 heteroatoms. The van der Waals surface area contributed by atoms with Gasteiger partial charge in [-0.1, -0.05) is 0 Å². The van der Waals surface area contributed by atoms with Crippen molar-refractivity contribution in [3.63, 3.8) is 0 Å². The fraction of sp³-hybridized carbons (Fsp3) is 0.462. The van der Waals surface area contributed by atoms with E-state index in [1.165, 1.54) is 0 Å². The summed E-state index contributed by atoms with van der Waals surface area (Å²) in [6.07, 6.45) is -0.317. The summed E-state index contributed by atoms with van der Waals surface area (Å²) in [5.74, 6) is -0.142. The highest BCUT2D eigenvalue weighted by Crippen LogP contribution is 2.19. The molecule has 2 aromatic carbocycles. The second-order valence-electron chi connectivity index (χ2n) is 9.77. The fourth-order valence-electron chi connectivity index (χ4n) is 3.71. The van der Waals surface area contributed by atoms with Crippen LogP contribution in [0.4, 0.5) is 16.2 Å². The molecule has 1 saturated heterocycles. The maximum Gasteiger partial charge on any atom is 0.410 e. The van der Waals surface area contributed by atoms with Gasteiger partial charge in [0.2, 0.25) is 10.0 Å². The van der Waals surface area contributed by atoms with E-state index in [-0.39, 0.29) is 37.5 Å². The lowest BCUT2D eigenvalue weighted by Gasteiger charge is -2.36. The number of carbonyl (C=O) groups is 2. The summed E-state index contributed by atoms with van der Waals surface area (Å²) < 4.78 is 37.9. The smallest absolute Gasteiger partial charge is 0.410 e. The highest BCUT2D eigenvalue weighted by Gasteiger charge is 2.26. The topological polar surface area (TPSA) is 138 Å². The Hall–Kier alpha value is -3.51. The number of anilines is 2. The van der Waals surface area contributed by atoms with Crippen LogP contribution in [0, 0.1) is 0 Å². The van der Waals surface area contributed by atoms with E-state index < -0.39 is 15.6 Å². The first kappa shape index (κ1) is 29.1. The van der Waals surface area contributed by atoms with E-state index in [9.17, 15) is 18.0 Å². The van der Waals surface area contributed by atoms with Crippen LogP contribution in [0.25, 0.3) is 0 Å². The minimum atomic E-state index is -3.67. The maximum absolute atomic E-state index is 12.5. The molecule has 0 radical (unpaired) electrons. The van der Waals surface area contributed by atoms with E-state index in [1.54, 1.807) is 41.3 Å². The summed E-state index contributed by atoms with van der Waals surface area (Å²) in [7, 11) is -3.67. The molecule has 0 saturated carbocycles. The van der Waals surface area contributed by atoms with Crippen LogP contribution < -0.4 is 19.7 Å². The zero-order valence-corrected chi connectivity index (χ0v) is 22.8. The Labute approximate surface area is 223 Å². The Balaban J connectivity index is 1.43. The number of amides is 2. The van der Waals surface area contributed by atoms with Crippen LogP contribution in [0.15, 0.2) is 48.5 Å². The number of carbonyl (C=O) groups excluding carboxylic acids is 2. The molecule has 3 rings (SSSR count). The highest BCUT2D eigenvalue weighted by molar-refractivity contribution is 7.92. The van der Waals surface area contributed by atoms with E-state index in [0.29, 0.717) is 43.2 Å². The van der Waals surface area contributed by atoms with E-state index in [0.717, 1.165) is 5.69 Å². The number of ether oxygens (including phenoxy) is 2. The van der Waals surface area contributed by atoms with Crippen molar-refractivity contribution < 1.29 is 32.6 Å². The SMILES string of the molecule is CC(C)(C)OC(=O)N1CCN(c2ccc(C(=O)NCCS(=O)(=O)Nc3ccc(OCCO)cc3)cc2)CC1. The molecular formula is C26H36N4O7S. The molecule has 11 nitrogen and oxygen atoms in total. The van der Waals surface area contributed by atoms with Crippen molar-refractivity contribution in [3.05, 3.63) is 54.1 Å². The lowest BCUT2D eigenvalue weighted by atomic mass is 10.1. The summed E-state index contributed by atoms with van der Waals surface area (Å²) >= 11 is 0. The standard InChI is InChI=1S/C26H36N4O7S/c1-26(2,3)37-25(33)30-15-13-29(14-16-30)22-8-4-20(5-9-22)24(32)27-12-19-38(34,35)28-21-6-10-23(11-7-21)36-18-17-31/h4-11,28,31H,12-19H2,1-3H3,(H,27,32). The zero-order chi connectivity index (χ0) is 27.8. The second kappa shape index (κ2) is 12.8. The normalized spacial score (nSPS) is 14.1. The predicted octanol–water partition coefficient (Wildman–Crippen LogP) is 2.29. The number of nitrogens with one attached hydrogen (secondary N) is 2. The van der Waals surface area contributed by atoms with Gasteiger partial charge in [-0.25, -0.2) is 13.2 Å². The molecule has 2 aromatic rings. The van der Waals surface area contributed by atoms with Gasteiger partial charge in [0.05, 0.1) is 12.4 Å². The van der Waals surface area contributed by atoms with E-state index in [4.69, 9.17) is 14.6 Å². The molecule has 1 fully saturated rings. The van der Waals surface area contributed by atoms with Crippen LogP contribution in [0.5, 0.6) is 5.75 Å². The number of aliphatic hydroxyl groups excluding tert-OH is 1.